The Balaban J connectivity index is 1.44. The molecule has 0 aliphatic carbocycles. The monoisotopic (exact) mass is 481 g/mol. The van der Waals surface area contributed by atoms with Crippen molar-refractivity contribution in [1.82, 2.24) is 19.8 Å². The van der Waals surface area contributed by atoms with E-state index in [-0.39, 0.29) is 12.1 Å². The van der Waals surface area contributed by atoms with Gasteiger partial charge in [-0.3, -0.25) is 4.98 Å². The molecule has 178 valence electrons. The molecule has 0 amide bonds. The summed E-state index contributed by atoms with van der Waals surface area (Å²) in [5, 5.41) is 7.87. The molecule has 2 N–H and O–H groups in total. The van der Waals surface area contributed by atoms with E-state index in [0.29, 0.717) is 0 Å². The van der Waals surface area contributed by atoms with E-state index >= 15 is 0 Å². The first-order valence-electron chi connectivity index (χ1n) is 12.1. The van der Waals surface area contributed by atoms with E-state index in [2.05, 4.69) is 106 Å². The molecule has 0 saturated carbocycles. The summed E-state index contributed by atoms with van der Waals surface area (Å²) in [5.41, 5.74) is 7.08. The third kappa shape index (κ3) is 4.93. The second-order valence-electron chi connectivity index (χ2n) is 9.04. The molecule has 0 radical (unpaired) electrons. The Labute approximate surface area is 212 Å². The predicted octanol–water partition coefficient (Wildman–Crippen LogP) is 5.96. The lowest BCUT2D eigenvalue weighted by atomic mass is 10.0. The highest BCUT2D eigenvalue weighted by molar-refractivity contribution is 7.80. The number of hydrogen-bond donors (Lipinski definition) is 2. The van der Waals surface area contributed by atoms with Crippen molar-refractivity contribution in [3.05, 3.63) is 114 Å². The molecule has 4 aromatic rings. The van der Waals surface area contributed by atoms with Gasteiger partial charge in [-0.1, -0.05) is 30.3 Å². The molecule has 5 nitrogen and oxygen atoms in total. The number of thiocarbonyl (C=S) groups is 1. The number of para-hydroxylation sites is 1. The van der Waals surface area contributed by atoms with E-state index < -0.39 is 0 Å². The number of aromatic nitrogens is 2. The first-order chi connectivity index (χ1) is 17.1. The van der Waals surface area contributed by atoms with Crippen molar-refractivity contribution in [3.63, 3.8) is 0 Å². The second kappa shape index (κ2) is 10.3. The van der Waals surface area contributed by atoms with Gasteiger partial charge < -0.3 is 20.1 Å². The van der Waals surface area contributed by atoms with Crippen LogP contribution in [0.25, 0.3) is 5.69 Å². The molecule has 2 aromatic carbocycles. The van der Waals surface area contributed by atoms with Crippen LogP contribution in [0, 0.1) is 13.8 Å². The number of benzene rings is 2. The predicted molar refractivity (Wildman–Crippen MR) is 147 cm³/mol. The van der Waals surface area contributed by atoms with Gasteiger partial charge in [0.25, 0.3) is 0 Å². The maximum atomic E-state index is 5.87. The average Bonchev–Trinajstić information content (AvgIpc) is 3.49. The maximum absolute atomic E-state index is 5.87. The maximum Gasteiger partial charge on any atom is 0.170 e. The Morgan fingerprint density at radius 3 is 2.54 bits per heavy atom. The Hall–Kier alpha value is -3.64. The van der Waals surface area contributed by atoms with Crippen LogP contribution in [-0.2, 0) is 0 Å². The molecule has 2 atom stereocenters. The van der Waals surface area contributed by atoms with E-state index in [1.807, 2.05) is 24.4 Å². The van der Waals surface area contributed by atoms with E-state index in [4.69, 9.17) is 12.2 Å². The fourth-order valence-corrected chi connectivity index (χ4v) is 5.08. The minimum Gasteiger partial charge on any atom is -0.385 e. The smallest absolute Gasteiger partial charge is 0.170 e. The van der Waals surface area contributed by atoms with E-state index in [9.17, 15) is 0 Å². The van der Waals surface area contributed by atoms with Gasteiger partial charge in [-0.15, -0.1) is 0 Å². The Kier molecular flexibility index (Phi) is 6.82. The number of nitrogens with one attached hydrogen (secondary N) is 2. The molecule has 0 spiro atoms. The van der Waals surface area contributed by atoms with Crippen LogP contribution in [0.4, 0.5) is 5.69 Å². The SMILES string of the molecule is Cc1ccc(-n2cccc2[C@@H]2[C@H](c3ccccn3)NC(=S)N2CCCNc2ccccc2)cc1C. The number of pyridine rings is 1. The minimum atomic E-state index is -0.0222. The first-order valence-corrected chi connectivity index (χ1v) is 12.5. The third-order valence-corrected chi connectivity index (χ3v) is 7.08. The van der Waals surface area contributed by atoms with Gasteiger partial charge in [0.2, 0.25) is 0 Å². The largest absolute Gasteiger partial charge is 0.385 e. The van der Waals surface area contributed by atoms with Crippen molar-refractivity contribution in [2.45, 2.75) is 32.4 Å². The van der Waals surface area contributed by atoms with Crippen molar-refractivity contribution in [2.75, 3.05) is 18.4 Å². The molecule has 3 heterocycles. The van der Waals surface area contributed by atoms with Crippen LogP contribution >= 0.6 is 12.2 Å². The minimum absolute atomic E-state index is 0.0222. The van der Waals surface area contributed by atoms with Crippen LogP contribution < -0.4 is 10.6 Å². The molecule has 35 heavy (non-hydrogen) atoms. The fourth-order valence-electron chi connectivity index (χ4n) is 4.75. The fraction of sp³-hybridized carbons (Fsp3) is 0.241. The molecule has 0 unspecified atom stereocenters. The van der Waals surface area contributed by atoms with Crippen LogP contribution in [0.2, 0.25) is 0 Å². The summed E-state index contributed by atoms with van der Waals surface area (Å²) in [7, 11) is 0. The molecular weight excluding hydrogens is 450 g/mol. The summed E-state index contributed by atoms with van der Waals surface area (Å²) in [5.74, 6) is 0. The lowest BCUT2D eigenvalue weighted by molar-refractivity contribution is 0.307. The number of rotatable bonds is 8. The molecule has 1 aliphatic rings. The zero-order valence-corrected chi connectivity index (χ0v) is 21.0. The van der Waals surface area contributed by atoms with Gasteiger partial charge in [-0.25, -0.2) is 0 Å². The summed E-state index contributed by atoms with van der Waals surface area (Å²) in [6.07, 6.45) is 4.96. The lowest BCUT2D eigenvalue weighted by Gasteiger charge is -2.29. The molecule has 1 saturated heterocycles. The zero-order chi connectivity index (χ0) is 24.2. The van der Waals surface area contributed by atoms with Gasteiger partial charge in [0.1, 0.15) is 0 Å². The zero-order valence-electron chi connectivity index (χ0n) is 20.2. The summed E-state index contributed by atoms with van der Waals surface area (Å²) in [6, 6.07) is 27.4. The van der Waals surface area contributed by atoms with Gasteiger partial charge in [-0.2, -0.15) is 0 Å². The van der Waals surface area contributed by atoms with Crippen LogP contribution in [0.3, 0.4) is 0 Å². The van der Waals surface area contributed by atoms with Crippen molar-refractivity contribution in [2.24, 2.45) is 0 Å². The summed E-state index contributed by atoms with van der Waals surface area (Å²) in [6.45, 7) is 6.04. The number of nitrogens with zero attached hydrogens (tertiary/aromatic N) is 3. The van der Waals surface area contributed by atoms with Crippen LogP contribution in [0.1, 0.15) is 41.0 Å². The summed E-state index contributed by atoms with van der Waals surface area (Å²) in [4.78, 5) is 7.01. The normalized spacial score (nSPS) is 17.4. The average molecular weight is 482 g/mol. The standard InChI is InChI=1S/C29H31N5S/c1-21-14-15-24(20-22(21)2)33-18-8-13-26(33)28-27(25-12-6-7-16-31-25)32-29(35)34(28)19-9-17-30-23-10-4-3-5-11-23/h3-8,10-16,18,20,27-28,30H,9,17,19H2,1-2H3,(H,32,35)/t27-,28+/m0/s1. The number of hydrogen-bond acceptors (Lipinski definition) is 3. The molecular formula is C29H31N5S. The van der Waals surface area contributed by atoms with Crippen LogP contribution in [0.5, 0.6) is 0 Å². The van der Waals surface area contributed by atoms with Gasteiger partial charge in [0.15, 0.2) is 5.11 Å². The molecule has 0 bridgehead atoms. The highest BCUT2D eigenvalue weighted by Crippen LogP contribution is 2.39. The van der Waals surface area contributed by atoms with Crippen LogP contribution in [-0.4, -0.2) is 32.7 Å². The number of aryl methyl sites for hydroxylation is 2. The molecule has 5 rings (SSSR count). The number of anilines is 1. The Morgan fingerprint density at radius 1 is 0.943 bits per heavy atom. The quantitative estimate of drug-likeness (QED) is 0.240. The third-order valence-electron chi connectivity index (χ3n) is 6.73. The van der Waals surface area contributed by atoms with Crippen molar-refractivity contribution < 1.29 is 0 Å². The lowest BCUT2D eigenvalue weighted by Crippen LogP contribution is -2.32. The van der Waals surface area contributed by atoms with E-state index in [1.54, 1.807) is 0 Å². The van der Waals surface area contributed by atoms with Crippen LogP contribution in [0.15, 0.2) is 91.3 Å². The van der Waals surface area contributed by atoms with Crippen molar-refractivity contribution >= 4 is 23.0 Å². The molecule has 1 aliphatic heterocycles. The Bertz CT molecular complexity index is 1280. The highest BCUT2D eigenvalue weighted by Gasteiger charge is 2.40. The second-order valence-corrected chi connectivity index (χ2v) is 9.42. The molecule has 1 fully saturated rings. The van der Waals surface area contributed by atoms with E-state index in [0.717, 1.165) is 41.7 Å². The summed E-state index contributed by atoms with van der Waals surface area (Å²) < 4.78 is 2.29. The topological polar surface area (TPSA) is 45.1 Å². The van der Waals surface area contributed by atoms with Gasteiger partial charge >= 0.3 is 0 Å². The van der Waals surface area contributed by atoms with Gasteiger partial charge in [0.05, 0.1) is 17.8 Å². The highest BCUT2D eigenvalue weighted by atomic mass is 32.1. The first kappa shape index (κ1) is 23.1. The van der Waals surface area contributed by atoms with Crippen molar-refractivity contribution in [3.8, 4) is 5.69 Å². The Morgan fingerprint density at radius 2 is 1.77 bits per heavy atom. The van der Waals surface area contributed by atoms with Gasteiger partial charge in [-0.05, 0) is 92.1 Å². The van der Waals surface area contributed by atoms with Gasteiger partial charge in [0, 0.05) is 42.6 Å². The van der Waals surface area contributed by atoms with E-state index in [1.165, 1.54) is 16.8 Å². The molecule has 2 aromatic heterocycles. The van der Waals surface area contributed by atoms with Crippen molar-refractivity contribution in [1.29, 1.82) is 0 Å². The summed E-state index contributed by atoms with van der Waals surface area (Å²) >= 11 is 5.87. The molecule has 6 heteroatoms.